The molecule has 0 aliphatic rings. The molecule has 1 aromatic heterocycles. The molecule has 4 N–H and O–H groups in total. The predicted molar refractivity (Wildman–Crippen MR) is 63.7 cm³/mol. The fourth-order valence-electron chi connectivity index (χ4n) is 1.43. The number of nitrogens with two attached hydrogens (primary N) is 1. The summed E-state index contributed by atoms with van der Waals surface area (Å²) in [6.07, 6.45) is 1.30. The molecule has 6 nitrogen and oxygen atoms in total. The number of aromatic nitrogens is 2. The van der Waals surface area contributed by atoms with E-state index in [1.165, 1.54) is 0 Å². The molecule has 0 aliphatic carbocycles. The summed E-state index contributed by atoms with van der Waals surface area (Å²) >= 11 is 0. The predicted octanol–water partition coefficient (Wildman–Crippen LogP) is 1.13. The molecule has 0 saturated heterocycles. The molecular weight excluding hydrogens is 241 g/mol. The van der Waals surface area contributed by atoms with Gasteiger partial charge in [0, 0.05) is 11.9 Å². The molecule has 0 aliphatic heterocycles. The third-order valence-corrected chi connectivity index (χ3v) is 2.91. The van der Waals surface area contributed by atoms with Crippen LogP contribution >= 0.6 is 7.60 Å². The Balaban J connectivity index is 2.24. The van der Waals surface area contributed by atoms with Crippen LogP contribution in [0.2, 0.25) is 0 Å². The number of hydrogen-bond acceptors (Lipinski definition) is 3. The molecule has 2 rings (SSSR count). The van der Waals surface area contributed by atoms with Crippen molar-refractivity contribution in [2.75, 3.05) is 5.73 Å². The number of rotatable bonds is 3. The summed E-state index contributed by atoms with van der Waals surface area (Å²) < 4.78 is 12.4. The van der Waals surface area contributed by atoms with E-state index < -0.39 is 7.60 Å². The molecule has 0 saturated carbocycles. The van der Waals surface area contributed by atoms with Crippen LogP contribution in [0.4, 0.5) is 5.69 Å². The fraction of sp³-hybridized carbons (Fsp3) is 0.100. The van der Waals surface area contributed by atoms with Gasteiger partial charge in [-0.3, -0.25) is 4.57 Å². The SMILES string of the molecule is Nc1ccc(-n2ccc(CP(=O)(O)O)n2)cc1. The molecule has 1 aromatic carbocycles. The lowest BCUT2D eigenvalue weighted by atomic mass is 10.3. The van der Waals surface area contributed by atoms with E-state index in [2.05, 4.69) is 5.10 Å². The van der Waals surface area contributed by atoms with E-state index in [0.29, 0.717) is 11.4 Å². The maximum absolute atomic E-state index is 10.8. The molecule has 0 fully saturated rings. The summed E-state index contributed by atoms with van der Waals surface area (Å²) in [6.45, 7) is 0. The van der Waals surface area contributed by atoms with Gasteiger partial charge in [-0.1, -0.05) is 0 Å². The van der Waals surface area contributed by atoms with Crippen LogP contribution < -0.4 is 5.73 Å². The van der Waals surface area contributed by atoms with Gasteiger partial charge in [-0.05, 0) is 30.3 Å². The number of anilines is 1. The molecule has 0 bridgehead atoms. The summed E-state index contributed by atoms with van der Waals surface area (Å²) in [5.74, 6) is 0. The molecule has 90 valence electrons. The van der Waals surface area contributed by atoms with E-state index in [9.17, 15) is 4.57 Å². The van der Waals surface area contributed by atoms with Crippen LogP contribution in [0.25, 0.3) is 5.69 Å². The highest BCUT2D eigenvalue weighted by atomic mass is 31.2. The molecule has 1 heterocycles. The first-order valence-corrected chi connectivity index (χ1v) is 6.69. The molecular formula is C10H12N3O3P. The average Bonchev–Trinajstić information content (AvgIpc) is 2.64. The highest BCUT2D eigenvalue weighted by Crippen LogP contribution is 2.38. The van der Waals surface area contributed by atoms with Crippen LogP contribution in [0.15, 0.2) is 36.5 Å². The van der Waals surface area contributed by atoms with Gasteiger partial charge in [-0.25, -0.2) is 4.68 Å². The molecule has 0 spiro atoms. The third kappa shape index (κ3) is 3.17. The van der Waals surface area contributed by atoms with Crippen LogP contribution in [0.5, 0.6) is 0 Å². The summed E-state index contributed by atoms with van der Waals surface area (Å²) in [5.41, 5.74) is 7.35. The zero-order chi connectivity index (χ0) is 12.5. The third-order valence-electron chi connectivity index (χ3n) is 2.17. The molecule has 0 amide bonds. The van der Waals surface area contributed by atoms with Gasteiger partial charge in [0.1, 0.15) is 0 Å². The Morgan fingerprint density at radius 1 is 1.24 bits per heavy atom. The van der Waals surface area contributed by atoms with Gasteiger partial charge in [0.05, 0.1) is 17.5 Å². The topological polar surface area (TPSA) is 101 Å². The molecule has 0 unspecified atom stereocenters. The van der Waals surface area contributed by atoms with E-state index in [1.807, 2.05) is 0 Å². The number of benzene rings is 1. The lowest BCUT2D eigenvalue weighted by Gasteiger charge is -2.02. The molecule has 0 atom stereocenters. The minimum atomic E-state index is -4.07. The first-order valence-electron chi connectivity index (χ1n) is 4.89. The van der Waals surface area contributed by atoms with E-state index >= 15 is 0 Å². The first kappa shape index (κ1) is 11.9. The molecule has 17 heavy (non-hydrogen) atoms. The second-order valence-electron chi connectivity index (χ2n) is 3.67. The van der Waals surface area contributed by atoms with Crippen LogP contribution in [0.1, 0.15) is 5.69 Å². The van der Waals surface area contributed by atoms with Gasteiger partial charge < -0.3 is 15.5 Å². The lowest BCUT2D eigenvalue weighted by Crippen LogP contribution is -1.97. The van der Waals surface area contributed by atoms with Gasteiger partial charge in [0.2, 0.25) is 0 Å². The Morgan fingerprint density at radius 3 is 2.47 bits per heavy atom. The quantitative estimate of drug-likeness (QED) is 0.562. The van der Waals surface area contributed by atoms with Crippen molar-refractivity contribution >= 4 is 13.3 Å². The number of hydrogen-bond donors (Lipinski definition) is 3. The minimum Gasteiger partial charge on any atom is -0.399 e. The van der Waals surface area contributed by atoms with E-state index in [0.717, 1.165) is 5.69 Å². The standard InChI is InChI=1S/C10H12N3O3P/c11-8-1-3-10(4-2-8)13-6-5-9(12-13)7-17(14,15)16/h1-6H,7,11H2,(H2,14,15,16). The van der Waals surface area contributed by atoms with Crippen molar-refractivity contribution in [1.82, 2.24) is 9.78 Å². The van der Waals surface area contributed by atoms with Crippen LogP contribution in [-0.4, -0.2) is 19.6 Å². The monoisotopic (exact) mass is 253 g/mol. The Morgan fingerprint density at radius 2 is 1.88 bits per heavy atom. The minimum absolute atomic E-state index is 0.352. The Kier molecular flexibility index (Phi) is 3.02. The van der Waals surface area contributed by atoms with Crippen LogP contribution in [0.3, 0.4) is 0 Å². The molecule has 7 heteroatoms. The summed E-state index contributed by atoms with van der Waals surface area (Å²) in [4.78, 5) is 17.7. The van der Waals surface area contributed by atoms with Crippen molar-refractivity contribution in [1.29, 1.82) is 0 Å². The van der Waals surface area contributed by atoms with Crippen molar-refractivity contribution < 1.29 is 14.4 Å². The largest absolute Gasteiger partial charge is 0.399 e. The second-order valence-corrected chi connectivity index (χ2v) is 5.31. The highest BCUT2D eigenvalue weighted by molar-refractivity contribution is 7.50. The Hall–Kier alpha value is -1.62. The van der Waals surface area contributed by atoms with Crippen LogP contribution in [0, 0.1) is 0 Å². The van der Waals surface area contributed by atoms with Gasteiger partial charge in [-0.15, -0.1) is 0 Å². The zero-order valence-corrected chi connectivity index (χ0v) is 9.79. The maximum atomic E-state index is 10.8. The van der Waals surface area contributed by atoms with Gasteiger partial charge in [-0.2, -0.15) is 5.10 Å². The van der Waals surface area contributed by atoms with E-state index in [-0.39, 0.29) is 6.16 Å². The van der Waals surface area contributed by atoms with E-state index in [1.54, 1.807) is 41.2 Å². The summed E-state index contributed by atoms with van der Waals surface area (Å²) in [7, 11) is -4.07. The van der Waals surface area contributed by atoms with Gasteiger partial charge in [0.25, 0.3) is 0 Å². The van der Waals surface area contributed by atoms with Crippen molar-refractivity contribution in [2.24, 2.45) is 0 Å². The Bertz CT molecular complexity index is 558. The van der Waals surface area contributed by atoms with Crippen molar-refractivity contribution in [3.63, 3.8) is 0 Å². The maximum Gasteiger partial charge on any atom is 0.331 e. The van der Waals surface area contributed by atoms with E-state index in [4.69, 9.17) is 15.5 Å². The van der Waals surface area contributed by atoms with Crippen molar-refractivity contribution in [3.8, 4) is 5.69 Å². The fourth-order valence-corrected chi connectivity index (χ4v) is 2.02. The first-order chi connectivity index (χ1) is 7.94. The second kappa shape index (κ2) is 4.33. The molecule has 2 aromatic rings. The van der Waals surface area contributed by atoms with Gasteiger partial charge in [0.15, 0.2) is 0 Å². The Labute approximate surface area is 97.9 Å². The van der Waals surface area contributed by atoms with Crippen molar-refractivity contribution in [2.45, 2.75) is 6.16 Å². The summed E-state index contributed by atoms with van der Waals surface area (Å²) in [6, 6.07) is 8.61. The molecule has 0 radical (unpaired) electrons. The smallest absolute Gasteiger partial charge is 0.331 e. The average molecular weight is 253 g/mol. The van der Waals surface area contributed by atoms with Crippen LogP contribution in [-0.2, 0) is 10.7 Å². The zero-order valence-electron chi connectivity index (χ0n) is 8.89. The van der Waals surface area contributed by atoms with Gasteiger partial charge >= 0.3 is 7.60 Å². The summed E-state index contributed by atoms with van der Waals surface area (Å²) in [5, 5.41) is 4.08. The number of nitrogen functional groups attached to an aromatic ring is 1. The lowest BCUT2D eigenvalue weighted by molar-refractivity contribution is 0.371. The highest BCUT2D eigenvalue weighted by Gasteiger charge is 2.16. The van der Waals surface area contributed by atoms with Crippen molar-refractivity contribution in [3.05, 3.63) is 42.2 Å². The normalized spacial score (nSPS) is 11.6. The number of nitrogens with zero attached hydrogens (tertiary/aromatic N) is 2.